The molecule has 26 heavy (non-hydrogen) atoms. The van der Waals surface area contributed by atoms with Gasteiger partial charge in [0.25, 0.3) is 11.8 Å². The first-order valence-corrected chi connectivity index (χ1v) is 8.89. The Hall–Kier alpha value is -3.25. The van der Waals surface area contributed by atoms with Crippen LogP contribution in [0, 0.1) is 0 Å². The first-order chi connectivity index (χ1) is 12.7. The second kappa shape index (κ2) is 8.73. The topological polar surface area (TPSA) is 70.6 Å². The zero-order valence-corrected chi connectivity index (χ0v) is 14.6. The van der Waals surface area contributed by atoms with Gasteiger partial charge in [-0.3, -0.25) is 9.59 Å². The van der Waals surface area contributed by atoms with Gasteiger partial charge in [0.15, 0.2) is 0 Å². The molecule has 0 spiro atoms. The van der Waals surface area contributed by atoms with Gasteiger partial charge in [-0.1, -0.05) is 54.6 Å². The van der Waals surface area contributed by atoms with Crippen LogP contribution in [-0.4, -0.2) is 18.0 Å². The molecule has 0 aliphatic carbocycles. The standard InChI is InChI=1S/C20H17N3O2S/c24-19(16-10-5-2-6-11-16)22-18(15-8-3-1-4-9-15)20(25)23-21-14-17-12-7-13-26-17/h1-14,18H,(H,22,24)(H,23,25)/b21-14+. The molecule has 5 nitrogen and oxygen atoms in total. The minimum absolute atomic E-state index is 0.322. The molecule has 1 aromatic heterocycles. The van der Waals surface area contributed by atoms with E-state index >= 15 is 0 Å². The third-order valence-electron chi connectivity index (χ3n) is 3.62. The number of nitrogens with zero attached hydrogens (tertiary/aromatic N) is 1. The summed E-state index contributed by atoms with van der Waals surface area (Å²) in [6.07, 6.45) is 1.57. The summed E-state index contributed by atoms with van der Waals surface area (Å²) in [5.74, 6) is -0.731. The van der Waals surface area contributed by atoms with Crippen molar-refractivity contribution in [2.75, 3.05) is 0 Å². The molecule has 0 radical (unpaired) electrons. The zero-order chi connectivity index (χ0) is 18.2. The third kappa shape index (κ3) is 4.64. The second-order valence-corrected chi connectivity index (χ2v) is 6.41. The zero-order valence-electron chi connectivity index (χ0n) is 13.8. The van der Waals surface area contributed by atoms with Crippen molar-refractivity contribution in [3.8, 4) is 0 Å². The van der Waals surface area contributed by atoms with Gasteiger partial charge >= 0.3 is 0 Å². The molecule has 1 unspecified atom stereocenters. The number of benzene rings is 2. The average Bonchev–Trinajstić information content (AvgIpc) is 3.20. The van der Waals surface area contributed by atoms with Crippen molar-refractivity contribution in [3.63, 3.8) is 0 Å². The van der Waals surface area contributed by atoms with Crippen molar-refractivity contribution < 1.29 is 9.59 Å². The van der Waals surface area contributed by atoms with E-state index in [9.17, 15) is 9.59 Å². The number of hydrogen-bond donors (Lipinski definition) is 2. The fraction of sp³-hybridized carbons (Fsp3) is 0.0500. The van der Waals surface area contributed by atoms with Gasteiger partial charge in [0.2, 0.25) is 0 Å². The number of amides is 2. The normalized spacial score (nSPS) is 11.8. The summed E-state index contributed by atoms with van der Waals surface area (Å²) in [5, 5.41) is 8.67. The maximum Gasteiger partial charge on any atom is 0.267 e. The number of hydrogen-bond acceptors (Lipinski definition) is 4. The quantitative estimate of drug-likeness (QED) is 0.521. The predicted molar refractivity (Wildman–Crippen MR) is 103 cm³/mol. The monoisotopic (exact) mass is 363 g/mol. The Morgan fingerprint density at radius 2 is 1.62 bits per heavy atom. The molecule has 1 heterocycles. The van der Waals surface area contributed by atoms with Crippen LogP contribution in [-0.2, 0) is 4.79 Å². The van der Waals surface area contributed by atoms with Gasteiger partial charge in [0, 0.05) is 10.4 Å². The predicted octanol–water partition coefficient (Wildman–Crippen LogP) is 3.37. The van der Waals surface area contributed by atoms with E-state index in [4.69, 9.17) is 0 Å². The molecule has 3 rings (SSSR count). The van der Waals surface area contributed by atoms with Crippen LogP contribution in [0.3, 0.4) is 0 Å². The molecule has 6 heteroatoms. The molecule has 1 atom stereocenters. The highest BCUT2D eigenvalue weighted by molar-refractivity contribution is 7.11. The smallest absolute Gasteiger partial charge is 0.267 e. The van der Waals surface area contributed by atoms with E-state index in [0.29, 0.717) is 11.1 Å². The summed E-state index contributed by atoms with van der Waals surface area (Å²) in [6, 6.07) is 20.8. The third-order valence-corrected chi connectivity index (χ3v) is 4.42. The molecule has 2 amide bonds. The van der Waals surface area contributed by atoms with Crippen LogP contribution in [0.5, 0.6) is 0 Å². The van der Waals surface area contributed by atoms with Crippen molar-refractivity contribution >= 4 is 29.4 Å². The minimum atomic E-state index is -0.843. The molecule has 0 bridgehead atoms. The lowest BCUT2D eigenvalue weighted by Crippen LogP contribution is -2.38. The van der Waals surface area contributed by atoms with Gasteiger partial charge in [-0.15, -0.1) is 11.3 Å². The molecule has 0 aliphatic heterocycles. The lowest BCUT2D eigenvalue weighted by molar-refractivity contribution is -0.123. The van der Waals surface area contributed by atoms with E-state index in [0.717, 1.165) is 4.88 Å². The van der Waals surface area contributed by atoms with Crippen molar-refractivity contribution in [1.29, 1.82) is 0 Å². The number of rotatable bonds is 6. The van der Waals surface area contributed by atoms with Crippen molar-refractivity contribution in [2.24, 2.45) is 5.10 Å². The van der Waals surface area contributed by atoms with E-state index in [1.54, 1.807) is 42.6 Å². The first-order valence-electron chi connectivity index (χ1n) is 8.01. The number of carbonyl (C=O) groups is 2. The van der Waals surface area contributed by atoms with Gasteiger partial charge in [0.1, 0.15) is 6.04 Å². The maximum atomic E-state index is 12.6. The van der Waals surface area contributed by atoms with Crippen molar-refractivity contribution in [2.45, 2.75) is 6.04 Å². The van der Waals surface area contributed by atoms with Crippen LogP contribution in [0.4, 0.5) is 0 Å². The van der Waals surface area contributed by atoms with Gasteiger partial charge < -0.3 is 5.32 Å². The Morgan fingerprint density at radius 3 is 2.27 bits per heavy atom. The van der Waals surface area contributed by atoms with Crippen LogP contribution in [0.15, 0.2) is 83.3 Å². The van der Waals surface area contributed by atoms with Gasteiger partial charge in [-0.25, -0.2) is 5.43 Å². The van der Waals surface area contributed by atoms with Crippen LogP contribution in [0.2, 0.25) is 0 Å². The van der Waals surface area contributed by atoms with E-state index in [-0.39, 0.29) is 5.91 Å². The highest BCUT2D eigenvalue weighted by atomic mass is 32.1. The molecule has 0 aliphatic rings. The van der Waals surface area contributed by atoms with Crippen LogP contribution >= 0.6 is 11.3 Å². The highest BCUT2D eigenvalue weighted by Crippen LogP contribution is 2.14. The Balaban J connectivity index is 1.75. The van der Waals surface area contributed by atoms with Crippen molar-refractivity contribution in [3.05, 3.63) is 94.2 Å². The SMILES string of the molecule is O=C(NC(C(=O)N/N=C/c1cccs1)c1ccccc1)c1ccccc1. The number of carbonyl (C=O) groups excluding carboxylic acids is 2. The fourth-order valence-electron chi connectivity index (χ4n) is 2.34. The summed E-state index contributed by atoms with van der Waals surface area (Å²) < 4.78 is 0. The molecular formula is C20H17N3O2S. The Kier molecular flexibility index (Phi) is 5.90. The molecule has 0 saturated heterocycles. The minimum Gasteiger partial charge on any atom is -0.336 e. The molecule has 130 valence electrons. The summed E-state index contributed by atoms with van der Waals surface area (Å²) >= 11 is 1.52. The largest absolute Gasteiger partial charge is 0.336 e. The average molecular weight is 363 g/mol. The van der Waals surface area contributed by atoms with Crippen LogP contribution < -0.4 is 10.7 Å². The molecule has 3 aromatic rings. The number of thiophene rings is 1. The van der Waals surface area contributed by atoms with Gasteiger partial charge in [-0.05, 0) is 29.1 Å². The van der Waals surface area contributed by atoms with Crippen LogP contribution in [0.25, 0.3) is 0 Å². The number of hydrazone groups is 1. The summed E-state index contributed by atoms with van der Waals surface area (Å²) in [4.78, 5) is 26.0. The summed E-state index contributed by atoms with van der Waals surface area (Å²) in [6.45, 7) is 0. The molecule has 0 saturated carbocycles. The Bertz CT molecular complexity index is 878. The lowest BCUT2D eigenvalue weighted by Gasteiger charge is -2.17. The maximum absolute atomic E-state index is 12.6. The Morgan fingerprint density at radius 1 is 0.923 bits per heavy atom. The number of nitrogens with one attached hydrogen (secondary N) is 2. The molecular weight excluding hydrogens is 346 g/mol. The summed E-state index contributed by atoms with van der Waals surface area (Å²) in [5.41, 5.74) is 3.67. The lowest BCUT2D eigenvalue weighted by atomic mass is 10.1. The van der Waals surface area contributed by atoms with Gasteiger partial charge in [-0.2, -0.15) is 5.10 Å². The summed E-state index contributed by atoms with van der Waals surface area (Å²) in [7, 11) is 0. The molecule has 2 N–H and O–H groups in total. The fourth-order valence-corrected chi connectivity index (χ4v) is 2.92. The second-order valence-electron chi connectivity index (χ2n) is 5.43. The molecule has 0 fully saturated rings. The Labute approximate surface area is 155 Å². The van der Waals surface area contributed by atoms with Gasteiger partial charge in [0.05, 0.1) is 6.21 Å². The van der Waals surface area contributed by atoms with E-state index < -0.39 is 11.9 Å². The van der Waals surface area contributed by atoms with Crippen LogP contribution in [0.1, 0.15) is 26.8 Å². The molecule has 2 aromatic carbocycles. The van der Waals surface area contributed by atoms with E-state index in [1.165, 1.54) is 11.3 Å². The van der Waals surface area contributed by atoms with E-state index in [1.807, 2.05) is 41.8 Å². The van der Waals surface area contributed by atoms with Crippen molar-refractivity contribution in [1.82, 2.24) is 10.7 Å². The van der Waals surface area contributed by atoms with E-state index in [2.05, 4.69) is 15.8 Å². The highest BCUT2D eigenvalue weighted by Gasteiger charge is 2.23. The first kappa shape index (κ1) is 17.6.